The Kier molecular flexibility index (Phi) is 5.75. The maximum absolute atomic E-state index is 12.6. The number of nitrogens with one attached hydrogen (secondary N) is 1. The summed E-state index contributed by atoms with van der Waals surface area (Å²) in [5, 5.41) is 26.1. The number of aryl methyl sites for hydroxylation is 1. The zero-order chi connectivity index (χ0) is 20.2. The summed E-state index contributed by atoms with van der Waals surface area (Å²) in [4.78, 5) is 14.5. The van der Waals surface area contributed by atoms with Gasteiger partial charge in [-0.05, 0) is 25.3 Å². The van der Waals surface area contributed by atoms with Gasteiger partial charge >= 0.3 is 6.03 Å². The molecule has 0 aliphatic carbocycles. The molecular weight excluding hydrogens is 370 g/mol. The number of rotatable bonds is 6. The third-order valence-electron chi connectivity index (χ3n) is 5.59. The van der Waals surface area contributed by atoms with Crippen molar-refractivity contribution in [2.75, 3.05) is 19.6 Å². The summed E-state index contributed by atoms with van der Waals surface area (Å²) in [5.74, 6) is 1.52. The van der Waals surface area contributed by atoms with Crippen LogP contribution in [-0.2, 0) is 20.2 Å². The van der Waals surface area contributed by atoms with Crippen molar-refractivity contribution in [3.63, 3.8) is 0 Å². The number of amides is 2. The van der Waals surface area contributed by atoms with Crippen molar-refractivity contribution >= 4 is 16.9 Å². The molecule has 0 spiro atoms. The lowest BCUT2D eigenvalue weighted by molar-refractivity contribution is 0.177. The zero-order valence-electron chi connectivity index (χ0n) is 16.7. The lowest BCUT2D eigenvalue weighted by Gasteiger charge is -2.32. The molecule has 1 aromatic carbocycles. The third-order valence-corrected chi connectivity index (χ3v) is 5.59. The number of benzene rings is 1. The second-order valence-electron chi connectivity index (χ2n) is 7.49. The number of hydrogen-bond donors (Lipinski definition) is 2. The number of nitrogens with zero attached hydrogens (tertiary/aromatic N) is 6. The Balaban J connectivity index is 1.27. The molecule has 0 saturated carbocycles. The van der Waals surface area contributed by atoms with Crippen LogP contribution in [0.2, 0.25) is 0 Å². The number of urea groups is 1. The number of carbonyl (C=O) groups is 1. The number of para-hydroxylation sites is 1. The van der Waals surface area contributed by atoms with Crippen LogP contribution in [-0.4, -0.2) is 60.2 Å². The summed E-state index contributed by atoms with van der Waals surface area (Å²) in [5.41, 5.74) is 1.11. The van der Waals surface area contributed by atoms with Crippen molar-refractivity contribution < 1.29 is 9.90 Å². The number of fused-ring (bicyclic) bond motifs is 1. The van der Waals surface area contributed by atoms with Crippen molar-refractivity contribution in [3.8, 4) is 0 Å². The minimum absolute atomic E-state index is 0.0374. The molecule has 0 bridgehead atoms. The summed E-state index contributed by atoms with van der Waals surface area (Å²) < 4.78 is 3.81. The number of aliphatic hydroxyl groups excluding tert-OH is 1. The van der Waals surface area contributed by atoms with Crippen LogP contribution >= 0.6 is 0 Å². The zero-order valence-corrected chi connectivity index (χ0v) is 16.7. The van der Waals surface area contributed by atoms with Crippen LogP contribution in [0.5, 0.6) is 0 Å². The lowest BCUT2D eigenvalue weighted by Crippen LogP contribution is -2.45. The van der Waals surface area contributed by atoms with Gasteiger partial charge in [0.05, 0.1) is 11.7 Å². The summed E-state index contributed by atoms with van der Waals surface area (Å²) >= 11 is 0. The Morgan fingerprint density at radius 1 is 1.31 bits per heavy atom. The molecule has 1 fully saturated rings. The van der Waals surface area contributed by atoms with Crippen LogP contribution in [0, 0.1) is 0 Å². The second kappa shape index (κ2) is 8.60. The summed E-state index contributed by atoms with van der Waals surface area (Å²) in [7, 11) is 1.86. The van der Waals surface area contributed by atoms with Gasteiger partial charge in [-0.1, -0.05) is 18.2 Å². The number of likely N-dealkylation sites (tertiary alicyclic amines) is 1. The van der Waals surface area contributed by atoms with Crippen LogP contribution in [0.25, 0.3) is 10.9 Å². The first-order valence-corrected chi connectivity index (χ1v) is 10.1. The fourth-order valence-corrected chi connectivity index (χ4v) is 3.98. The molecule has 1 atom stereocenters. The number of aromatic nitrogens is 5. The van der Waals surface area contributed by atoms with Crippen LogP contribution < -0.4 is 5.32 Å². The molecule has 0 unspecified atom stereocenters. The van der Waals surface area contributed by atoms with Gasteiger partial charge in [-0.3, -0.25) is 4.68 Å². The van der Waals surface area contributed by atoms with E-state index in [-0.39, 0.29) is 18.6 Å². The molecule has 4 rings (SSSR count). The molecule has 0 radical (unpaired) electrons. The van der Waals surface area contributed by atoms with Gasteiger partial charge < -0.3 is 19.9 Å². The topological polar surface area (TPSA) is 101 Å². The van der Waals surface area contributed by atoms with Crippen molar-refractivity contribution in [3.05, 3.63) is 42.1 Å². The van der Waals surface area contributed by atoms with Gasteiger partial charge in [0, 0.05) is 44.5 Å². The minimum atomic E-state index is -0.133. The fraction of sp³-hybridized carbons (Fsp3) is 0.500. The number of hydrogen-bond acceptors (Lipinski definition) is 5. The van der Waals surface area contributed by atoms with Gasteiger partial charge in [-0.15, -0.1) is 10.2 Å². The molecule has 3 heterocycles. The van der Waals surface area contributed by atoms with Crippen LogP contribution in [0.4, 0.5) is 4.79 Å². The normalized spacial score (nSPS) is 17.0. The van der Waals surface area contributed by atoms with E-state index < -0.39 is 0 Å². The Bertz CT molecular complexity index is 980. The predicted molar refractivity (Wildman–Crippen MR) is 108 cm³/mol. The second-order valence-corrected chi connectivity index (χ2v) is 7.49. The van der Waals surface area contributed by atoms with E-state index in [0.717, 1.165) is 49.1 Å². The lowest BCUT2D eigenvalue weighted by atomic mass is 9.97. The fourth-order valence-electron chi connectivity index (χ4n) is 3.98. The quantitative estimate of drug-likeness (QED) is 0.616. The van der Waals surface area contributed by atoms with E-state index in [9.17, 15) is 9.90 Å². The van der Waals surface area contributed by atoms with E-state index >= 15 is 0 Å². The molecule has 29 heavy (non-hydrogen) atoms. The molecule has 3 aromatic rings. The van der Waals surface area contributed by atoms with Crippen LogP contribution in [0.3, 0.4) is 0 Å². The molecule has 154 valence electrons. The first kappa shape index (κ1) is 19.4. The first-order valence-electron chi connectivity index (χ1n) is 10.1. The maximum atomic E-state index is 12.6. The van der Waals surface area contributed by atoms with E-state index in [1.165, 1.54) is 0 Å². The van der Waals surface area contributed by atoms with Gasteiger partial charge in [0.25, 0.3) is 0 Å². The number of aliphatic hydroxyl groups is 1. The van der Waals surface area contributed by atoms with Crippen molar-refractivity contribution in [2.24, 2.45) is 7.05 Å². The summed E-state index contributed by atoms with van der Waals surface area (Å²) in [6, 6.07) is 8.09. The van der Waals surface area contributed by atoms with E-state index in [1.807, 2.05) is 45.6 Å². The van der Waals surface area contributed by atoms with Gasteiger partial charge in [0.15, 0.2) is 5.82 Å². The van der Waals surface area contributed by atoms with E-state index in [2.05, 4.69) is 26.7 Å². The largest absolute Gasteiger partial charge is 0.388 e. The Morgan fingerprint density at radius 2 is 2.17 bits per heavy atom. The van der Waals surface area contributed by atoms with Gasteiger partial charge in [-0.25, -0.2) is 4.79 Å². The molecule has 9 heteroatoms. The highest BCUT2D eigenvalue weighted by molar-refractivity contribution is 5.78. The van der Waals surface area contributed by atoms with Gasteiger partial charge in [0.1, 0.15) is 12.4 Å². The van der Waals surface area contributed by atoms with Gasteiger partial charge in [-0.2, -0.15) is 5.10 Å². The van der Waals surface area contributed by atoms with Crippen LogP contribution in [0.15, 0.2) is 30.5 Å². The molecule has 9 nitrogen and oxygen atoms in total. The molecule has 1 saturated heterocycles. The average Bonchev–Trinajstić information content (AvgIpc) is 3.34. The van der Waals surface area contributed by atoms with E-state index in [4.69, 9.17) is 0 Å². The van der Waals surface area contributed by atoms with Crippen molar-refractivity contribution in [2.45, 2.75) is 38.3 Å². The summed E-state index contributed by atoms with van der Waals surface area (Å²) in [6.45, 7) is 2.60. The predicted octanol–water partition coefficient (Wildman–Crippen LogP) is 1.64. The standard InChI is InChI=1S/C20H27N7O2/c1-25-18(14-28)23-24-19(25)16-7-4-10-26(13-16)20(29)21-9-5-11-27-17-8-3-2-6-15(17)12-22-27/h2-3,6,8,12,16,28H,4-5,7,9-11,13-14H2,1H3,(H,21,29)/t16-/m0/s1. The average molecular weight is 397 g/mol. The van der Waals surface area contributed by atoms with Gasteiger partial charge in [0.2, 0.25) is 0 Å². The molecular formula is C20H27N7O2. The number of piperidine rings is 1. The minimum Gasteiger partial charge on any atom is -0.388 e. The molecule has 2 N–H and O–H groups in total. The summed E-state index contributed by atoms with van der Waals surface area (Å²) in [6.07, 6.45) is 4.58. The Morgan fingerprint density at radius 3 is 3.00 bits per heavy atom. The highest BCUT2D eigenvalue weighted by Gasteiger charge is 2.28. The van der Waals surface area contributed by atoms with E-state index in [1.54, 1.807) is 0 Å². The highest BCUT2D eigenvalue weighted by Crippen LogP contribution is 2.25. The van der Waals surface area contributed by atoms with Crippen LogP contribution in [0.1, 0.15) is 36.8 Å². The Labute approximate surface area is 169 Å². The third kappa shape index (κ3) is 4.09. The number of carbonyl (C=O) groups excluding carboxylic acids is 1. The monoisotopic (exact) mass is 397 g/mol. The molecule has 2 amide bonds. The molecule has 1 aliphatic heterocycles. The molecule has 1 aliphatic rings. The smallest absolute Gasteiger partial charge is 0.317 e. The van der Waals surface area contributed by atoms with E-state index in [0.29, 0.717) is 18.9 Å². The first-order chi connectivity index (χ1) is 14.2. The SMILES string of the molecule is Cn1c(CO)nnc1[C@H]1CCCN(C(=O)NCCCn2ncc3ccccc32)C1. The van der Waals surface area contributed by atoms with Crippen molar-refractivity contribution in [1.29, 1.82) is 0 Å². The van der Waals surface area contributed by atoms with Crippen molar-refractivity contribution in [1.82, 2.24) is 34.8 Å². The molecule has 2 aromatic heterocycles. The highest BCUT2D eigenvalue weighted by atomic mass is 16.3. The Hall–Kier alpha value is -2.94. The maximum Gasteiger partial charge on any atom is 0.317 e.